The van der Waals surface area contributed by atoms with Crippen molar-refractivity contribution in [2.45, 2.75) is 120 Å². The van der Waals surface area contributed by atoms with E-state index >= 15 is 0 Å². The van der Waals surface area contributed by atoms with Gasteiger partial charge in [0.1, 0.15) is 0 Å². The minimum atomic E-state index is 0.0107. The lowest BCUT2D eigenvalue weighted by atomic mass is 9.35. The van der Waals surface area contributed by atoms with E-state index in [-0.39, 0.29) is 5.41 Å². The Morgan fingerprint density at radius 2 is 1.41 bits per heavy atom. The Balaban J connectivity index is 1.56. The highest BCUT2D eigenvalue weighted by molar-refractivity contribution is 5.90. The number of nitrogens with zero attached hydrogens (tertiary/aromatic N) is 1. The summed E-state index contributed by atoms with van der Waals surface area (Å²) in [5.74, 6) is 2.21. The molecule has 0 amide bonds. The molecule has 7 atom stereocenters. The molecule has 0 radical (unpaired) electrons. The molecular weight excluding hydrogens is 390 g/mol. The first-order valence-electron chi connectivity index (χ1n) is 13.7. The van der Waals surface area contributed by atoms with E-state index in [1.165, 1.54) is 57.8 Å². The van der Waals surface area contributed by atoms with Crippen LogP contribution in [0.3, 0.4) is 0 Å². The Morgan fingerprint density at radius 1 is 0.781 bits per heavy atom. The zero-order valence-corrected chi connectivity index (χ0v) is 22.3. The van der Waals surface area contributed by atoms with E-state index < -0.39 is 0 Å². The first-order valence-corrected chi connectivity index (χ1v) is 13.7. The van der Waals surface area contributed by atoms with Crippen LogP contribution in [0.5, 0.6) is 0 Å². The van der Waals surface area contributed by atoms with Crippen molar-refractivity contribution < 1.29 is 5.21 Å². The highest BCUT2D eigenvalue weighted by atomic mass is 16.4. The van der Waals surface area contributed by atoms with Crippen LogP contribution in [0.1, 0.15) is 120 Å². The maximum Gasteiger partial charge on any atom is 0.0630 e. The minimum absolute atomic E-state index is 0.0107. The molecule has 4 saturated carbocycles. The smallest absolute Gasteiger partial charge is 0.0630 e. The summed E-state index contributed by atoms with van der Waals surface area (Å²) >= 11 is 0. The molecule has 2 nitrogen and oxygen atoms in total. The first-order chi connectivity index (χ1) is 14.7. The second-order valence-electron chi connectivity index (χ2n) is 15.2. The van der Waals surface area contributed by atoms with Gasteiger partial charge in [0.05, 0.1) is 5.71 Å². The molecule has 0 saturated heterocycles. The van der Waals surface area contributed by atoms with E-state index in [1.807, 2.05) is 5.57 Å². The maximum atomic E-state index is 9.73. The van der Waals surface area contributed by atoms with E-state index in [4.69, 9.17) is 0 Å². The summed E-state index contributed by atoms with van der Waals surface area (Å²) in [5.41, 5.74) is 4.96. The van der Waals surface area contributed by atoms with E-state index in [2.05, 4.69) is 66.6 Å². The molecule has 5 rings (SSSR count). The Morgan fingerprint density at radius 3 is 2.06 bits per heavy atom. The Bertz CT molecular complexity index is 866. The fraction of sp³-hybridized carbons (Fsp3) is 0.900. The van der Waals surface area contributed by atoms with Crippen molar-refractivity contribution in [3.63, 3.8) is 0 Å². The minimum Gasteiger partial charge on any atom is -0.411 e. The topological polar surface area (TPSA) is 32.6 Å². The van der Waals surface area contributed by atoms with Gasteiger partial charge in [-0.15, -0.1) is 0 Å². The second-order valence-corrected chi connectivity index (χ2v) is 15.2. The number of hydrogen-bond donors (Lipinski definition) is 1. The van der Waals surface area contributed by atoms with Crippen molar-refractivity contribution in [2.75, 3.05) is 0 Å². The summed E-state index contributed by atoms with van der Waals surface area (Å²) in [6, 6.07) is 0. The fourth-order valence-corrected chi connectivity index (χ4v) is 10.8. The van der Waals surface area contributed by atoms with Crippen LogP contribution in [0.15, 0.2) is 16.8 Å². The molecule has 180 valence electrons. The van der Waals surface area contributed by atoms with Crippen molar-refractivity contribution in [3.8, 4) is 0 Å². The molecule has 0 heterocycles. The van der Waals surface area contributed by atoms with Crippen LogP contribution in [0.4, 0.5) is 0 Å². The second kappa shape index (κ2) is 6.66. The molecule has 0 aromatic heterocycles. The zero-order valence-electron chi connectivity index (χ0n) is 22.3. The summed E-state index contributed by atoms with van der Waals surface area (Å²) in [4.78, 5) is 0. The lowest BCUT2D eigenvalue weighted by Gasteiger charge is -2.70. The quantitative estimate of drug-likeness (QED) is 0.229. The van der Waals surface area contributed by atoms with Crippen molar-refractivity contribution >= 4 is 5.71 Å². The summed E-state index contributed by atoms with van der Waals surface area (Å²) in [7, 11) is 0. The van der Waals surface area contributed by atoms with Gasteiger partial charge in [-0.1, -0.05) is 72.2 Å². The third-order valence-corrected chi connectivity index (χ3v) is 12.6. The zero-order chi connectivity index (χ0) is 23.4. The van der Waals surface area contributed by atoms with Crippen molar-refractivity contribution in [1.29, 1.82) is 0 Å². The van der Waals surface area contributed by atoms with Gasteiger partial charge in [-0.05, 0) is 109 Å². The van der Waals surface area contributed by atoms with Crippen LogP contribution < -0.4 is 0 Å². The van der Waals surface area contributed by atoms with E-state index in [9.17, 15) is 5.21 Å². The third-order valence-electron chi connectivity index (χ3n) is 12.6. The van der Waals surface area contributed by atoms with Gasteiger partial charge in [0.25, 0.3) is 0 Å². The lowest BCUT2D eigenvalue weighted by molar-refractivity contribution is -0.137. The maximum absolute atomic E-state index is 9.73. The monoisotopic (exact) mass is 439 g/mol. The molecule has 0 spiro atoms. The highest BCUT2D eigenvalue weighted by Gasteiger charge is 2.66. The molecule has 0 aromatic carbocycles. The van der Waals surface area contributed by atoms with E-state index in [1.54, 1.807) is 0 Å². The van der Waals surface area contributed by atoms with Gasteiger partial charge in [-0.25, -0.2) is 0 Å². The lowest BCUT2D eigenvalue weighted by Crippen LogP contribution is -2.62. The van der Waals surface area contributed by atoms with Crippen LogP contribution >= 0.6 is 0 Å². The van der Waals surface area contributed by atoms with Crippen LogP contribution in [-0.2, 0) is 0 Å². The Hall–Kier alpha value is -0.790. The van der Waals surface area contributed by atoms with Crippen LogP contribution in [0.25, 0.3) is 0 Å². The molecule has 0 aliphatic heterocycles. The molecule has 2 unspecified atom stereocenters. The molecule has 32 heavy (non-hydrogen) atoms. The van der Waals surface area contributed by atoms with Gasteiger partial charge in [0.15, 0.2) is 0 Å². The molecule has 5 aliphatic carbocycles. The van der Waals surface area contributed by atoms with Crippen molar-refractivity contribution in [1.82, 2.24) is 0 Å². The molecule has 1 N–H and O–H groups in total. The van der Waals surface area contributed by atoms with E-state index in [0.29, 0.717) is 33.0 Å². The average molecular weight is 440 g/mol. The SMILES string of the molecule is CC1(C)CC[C@]2(C)CC=C3[C@]4(C)CCC5C(C)(C)/C(=N/O)CC[C@]5(C)[C@H]4CC[C@@]3(C)C2C1. The molecule has 2 heteroatoms. The average Bonchev–Trinajstić information content (AvgIpc) is 2.68. The van der Waals surface area contributed by atoms with Gasteiger partial charge in [-0.2, -0.15) is 0 Å². The van der Waals surface area contributed by atoms with Crippen molar-refractivity contribution in [3.05, 3.63) is 11.6 Å². The van der Waals surface area contributed by atoms with Gasteiger partial charge in [0.2, 0.25) is 0 Å². The van der Waals surface area contributed by atoms with Crippen LogP contribution in [-0.4, -0.2) is 10.9 Å². The number of allylic oxidation sites excluding steroid dienone is 2. The van der Waals surface area contributed by atoms with Gasteiger partial charge in [0, 0.05) is 5.41 Å². The molecule has 4 fully saturated rings. The number of rotatable bonds is 0. The summed E-state index contributed by atoms with van der Waals surface area (Å²) < 4.78 is 0. The van der Waals surface area contributed by atoms with Crippen molar-refractivity contribution in [2.24, 2.45) is 55.4 Å². The predicted octanol–water partition coefficient (Wildman–Crippen LogP) is 8.64. The highest BCUT2D eigenvalue weighted by Crippen LogP contribution is 2.74. The first kappa shape index (κ1) is 23.0. The Labute approximate surface area is 197 Å². The molecular formula is C30H49NO. The fourth-order valence-electron chi connectivity index (χ4n) is 10.8. The predicted molar refractivity (Wildman–Crippen MR) is 134 cm³/mol. The number of fused-ring (bicyclic) bond motifs is 7. The van der Waals surface area contributed by atoms with Gasteiger partial charge in [-0.3, -0.25) is 0 Å². The van der Waals surface area contributed by atoms with Gasteiger partial charge < -0.3 is 5.21 Å². The van der Waals surface area contributed by atoms with Crippen LogP contribution in [0, 0.1) is 50.2 Å². The molecule has 0 aromatic rings. The Kier molecular flexibility index (Phi) is 4.78. The number of hydrogen-bond acceptors (Lipinski definition) is 2. The molecule has 5 aliphatic rings. The summed E-state index contributed by atoms with van der Waals surface area (Å²) in [6.07, 6.45) is 15.8. The summed E-state index contributed by atoms with van der Waals surface area (Å²) in [5, 5.41) is 13.5. The summed E-state index contributed by atoms with van der Waals surface area (Å²) in [6.45, 7) is 20.4. The normalized spacial score (nSPS) is 52.8. The van der Waals surface area contributed by atoms with E-state index in [0.717, 1.165) is 24.0 Å². The molecule has 0 bridgehead atoms. The standard InChI is InChI=1S/C30H49NO/c1-25(2)17-18-27(5)13-9-21-29(7)14-10-20-26(3,4)24(31-32)12-16-28(20,6)22(29)11-15-30(21,8)23(27)19-25/h9,20,22-23,32H,10-19H2,1-8H3/b31-24+/t20?,22-,23?,27+,28+,29+,30-/m1/s1. The third kappa shape index (κ3) is 2.79. The van der Waals surface area contributed by atoms with Crippen LogP contribution in [0.2, 0.25) is 0 Å². The number of oxime groups is 1. The van der Waals surface area contributed by atoms with Gasteiger partial charge >= 0.3 is 0 Å². The largest absolute Gasteiger partial charge is 0.411 e.